The van der Waals surface area contributed by atoms with Gasteiger partial charge in [0.15, 0.2) is 5.76 Å². The van der Waals surface area contributed by atoms with Gasteiger partial charge in [-0.25, -0.2) is 0 Å². The minimum atomic E-state index is -0.177. The van der Waals surface area contributed by atoms with Crippen LogP contribution < -0.4 is 0 Å². The number of piperidine rings is 1. The summed E-state index contributed by atoms with van der Waals surface area (Å²) in [6.45, 7) is 3.35. The first-order valence-electron chi connectivity index (χ1n) is 9.00. The van der Waals surface area contributed by atoms with Crippen molar-refractivity contribution in [1.82, 2.24) is 9.80 Å². The molecule has 2 atom stereocenters. The summed E-state index contributed by atoms with van der Waals surface area (Å²) in [5.74, 6) is 1.23. The summed E-state index contributed by atoms with van der Waals surface area (Å²) in [5.41, 5.74) is 1.33. The first-order chi connectivity index (χ1) is 12.2. The predicted octanol–water partition coefficient (Wildman–Crippen LogP) is 2.51. The van der Waals surface area contributed by atoms with Crippen LogP contribution in [-0.4, -0.2) is 46.5 Å². The van der Waals surface area contributed by atoms with E-state index >= 15 is 0 Å². The summed E-state index contributed by atoms with van der Waals surface area (Å²) in [7, 11) is 0. The number of amides is 1. The Kier molecular flexibility index (Phi) is 4.59. The predicted molar refractivity (Wildman–Crippen MR) is 93.9 cm³/mol. The molecule has 5 nitrogen and oxygen atoms in total. The van der Waals surface area contributed by atoms with Crippen LogP contribution in [0.3, 0.4) is 0 Å². The largest absolute Gasteiger partial charge is 0.453 e. The molecule has 0 aliphatic carbocycles. The topological polar surface area (TPSA) is 56.9 Å². The molecule has 0 saturated carbocycles. The van der Waals surface area contributed by atoms with E-state index in [-0.39, 0.29) is 12.5 Å². The summed E-state index contributed by atoms with van der Waals surface area (Å²) >= 11 is 0. The van der Waals surface area contributed by atoms with Crippen LogP contribution >= 0.6 is 0 Å². The fourth-order valence-corrected chi connectivity index (χ4v) is 4.09. The van der Waals surface area contributed by atoms with Gasteiger partial charge in [0.25, 0.3) is 5.91 Å². The van der Waals surface area contributed by atoms with E-state index in [1.807, 2.05) is 11.0 Å². The standard InChI is InChI=1S/C20H24N2O3/c23-14-18-8-9-19(25-18)20(24)22-12-16-6-7-17(13-22)21(11-16)10-15-4-2-1-3-5-15/h1-5,8-9,16-17,23H,6-7,10-14H2/t16-,17-/m1/s1. The molecular weight excluding hydrogens is 316 g/mol. The van der Waals surface area contributed by atoms with Gasteiger partial charge in [-0.3, -0.25) is 9.69 Å². The molecule has 3 fully saturated rings. The molecule has 0 radical (unpaired) electrons. The number of aliphatic hydroxyl groups excluding tert-OH is 1. The van der Waals surface area contributed by atoms with E-state index in [4.69, 9.17) is 9.52 Å². The molecule has 5 rings (SSSR count). The Balaban J connectivity index is 1.48. The summed E-state index contributed by atoms with van der Waals surface area (Å²) in [6, 6.07) is 14.3. The molecule has 2 bridgehead atoms. The van der Waals surface area contributed by atoms with Gasteiger partial charge in [0.2, 0.25) is 0 Å². The molecule has 1 aromatic heterocycles. The number of hydrogen-bond donors (Lipinski definition) is 1. The van der Waals surface area contributed by atoms with Crippen molar-refractivity contribution in [2.24, 2.45) is 5.92 Å². The maximum absolute atomic E-state index is 12.8. The minimum Gasteiger partial charge on any atom is -0.453 e. The number of carbonyl (C=O) groups excluding carboxylic acids is 1. The van der Waals surface area contributed by atoms with Crippen molar-refractivity contribution >= 4 is 5.91 Å². The second-order valence-corrected chi connectivity index (χ2v) is 7.15. The third-order valence-electron chi connectivity index (χ3n) is 5.37. The van der Waals surface area contributed by atoms with Crippen molar-refractivity contribution in [3.63, 3.8) is 0 Å². The van der Waals surface area contributed by atoms with Gasteiger partial charge in [-0.1, -0.05) is 30.3 Å². The SMILES string of the molecule is O=C(c1ccc(CO)o1)N1C[C@@H]2CC[C@H](C1)N(Cc1ccccc1)C2. The van der Waals surface area contributed by atoms with Crippen molar-refractivity contribution in [1.29, 1.82) is 0 Å². The van der Waals surface area contributed by atoms with Crippen LogP contribution in [0.25, 0.3) is 0 Å². The molecule has 4 heterocycles. The number of benzene rings is 1. The Morgan fingerprint density at radius 3 is 2.68 bits per heavy atom. The third kappa shape index (κ3) is 3.48. The molecule has 3 aliphatic rings. The second-order valence-electron chi connectivity index (χ2n) is 7.15. The monoisotopic (exact) mass is 340 g/mol. The van der Waals surface area contributed by atoms with Crippen molar-refractivity contribution in [2.45, 2.75) is 32.0 Å². The average Bonchev–Trinajstić information content (AvgIpc) is 2.95. The van der Waals surface area contributed by atoms with Gasteiger partial charge in [0.05, 0.1) is 0 Å². The minimum absolute atomic E-state index is 0.0573. The molecule has 1 amide bonds. The van der Waals surface area contributed by atoms with Crippen LogP contribution in [0.5, 0.6) is 0 Å². The average molecular weight is 340 g/mol. The van der Waals surface area contributed by atoms with Gasteiger partial charge in [-0.2, -0.15) is 0 Å². The van der Waals surface area contributed by atoms with Crippen LogP contribution in [-0.2, 0) is 13.2 Å². The molecule has 1 N–H and O–H groups in total. The quantitative estimate of drug-likeness (QED) is 0.929. The summed E-state index contributed by atoms with van der Waals surface area (Å²) in [4.78, 5) is 17.3. The van der Waals surface area contributed by atoms with E-state index in [1.165, 1.54) is 12.0 Å². The highest BCUT2D eigenvalue weighted by Crippen LogP contribution is 2.30. The Hall–Kier alpha value is -2.11. The fourth-order valence-electron chi connectivity index (χ4n) is 4.09. The lowest BCUT2D eigenvalue weighted by molar-refractivity contribution is 0.0700. The molecule has 3 aliphatic heterocycles. The first-order valence-corrected chi connectivity index (χ1v) is 9.00. The summed E-state index contributed by atoms with van der Waals surface area (Å²) < 4.78 is 5.45. The smallest absolute Gasteiger partial charge is 0.289 e. The zero-order chi connectivity index (χ0) is 17.2. The number of aliphatic hydroxyl groups is 1. The van der Waals surface area contributed by atoms with Gasteiger partial charge in [-0.15, -0.1) is 0 Å². The number of rotatable bonds is 4. The summed E-state index contributed by atoms with van der Waals surface area (Å²) in [5, 5.41) is 9.13. The number of fused-ring (bicyclic) bond motifs is 4. The molecule has 0 unspecified atom stereocenters. The third-order valence-corrected chi connectivity index (χ3v) is 5.37. The van der Waals surface area contributed by atoms with Crippen LogP contribution in [0.4, 0.5) is 0 Å². The molecule has 132 valence electrons. The Morgan fingerprint density at radius 1 is 1.08 bits per heavy atom. The van der Waals surface area contributed by atoms with E-state index in [2.05, 4.69) is 29.2 Å². The zero-order valence-corrected chi connectivity index (χ0v) is 14.3. The van der Waals surface area contributed by atoms with Crippen LogP contribution in [0.1, 0.15) is 34.7 Å². The molecule has 0 spiro atoms. The van der Waals surface area contributed by atoms with Gasteiger partial charge in [0, 0.05) is 32.2 Å². The van der Waals surface area contributed by atoms with Crippen molar-refractivity contribution in [3.8, 4) is 0 Å². The highest BCUT2D eigenvalue weighted by molar-refractivity contribution is 5.91. The van der Waals surface area contributed by atoms with Gasteiger partial charge < -0.3 is 14.4 Å². The van der Waals surface area contributed by atoms with Crippen molar-refractivity contribution < 1.29 is 14.3 Å². The molecule has 5 heteroatoms. The van der Waals surface area contributed by atoms with E-state index < -0.39 is 0 Å². The van der Waals surface area contributed by atoms with E-state index in [0.717, 1.165) is 32.6 Å². The normalized spacial score (nSPS) is 23.6. The van der Waals surface area contributed by atoms with Crippen molar-refractivity contribution in [3.05, 3.63) is 59.5 Å². The van der Waals surface area contributed by atoms with Crippen LogP contribution in [0.15, 0.2) is 46.9 Å². The number of carbonyl (C=O) groups is 1. The summed E-state index contributed by atoms with van der Waals surface area (Å²) in [6.07, 6.45) is 2.32. The van der Waals surface area contributed by atoms with Crippen LogP contribution in [0.2, 0.25) is 0 Å². The van der Waals surface area contributed by atoms with Gasteiger partial charge in [-0.05, 0) is 36.5 Å². The molecule has 25 heavy (non-hydrogen) atoms. The Bertz CT molecular complexity index is 728. The molecule has 1 aromatic carbocycles. The van der Waals surface area contributed by atoms with Crippen LogP contribution in [0, 0.1) is 5.92 Å². The first kappa shape index (κ1) is 16.4. The van der Waals surface area contributed by atoms with E-state index in [9.17, 15) is 4.79 Å². The lowest BCUT2D eigenvalue weighted by Gasteiger charge is -2.36. The van der Waals surface area contributed by atoms with E-state index in [0.29, 0.717) is 23.5 Å². The molecule has 3 saturated heterocycles. The molecule has 2 aromatic rings. The maximum Gasteiger partial charge on any atom is 0.289 e. The van der Waals surface area contributed by atoms with Gasteiger partial charge >= 0.3 is 0 Å². The Labute approximate surface area is 147 Å². The number of nitrogens with zero attached hydrogens (tertiary/aromatic N) is 2. The van der Waals surface area contributed by atoms with Crippen molar-refractivity contribution in [2.75, 3.05) is 19.6 Å². The number of hydrogen-bond acceptors (Lipinski definition) is 4. The number of furan rings is 1. The zero-order valence-electron chi connectivity index (χ0n) is 14.3. The fraction of sp³-hybridized carbons (Fsp3) is 0.450. The van der Waals surface area contributed by atoms with Gasteiger partial charge in [0.1, 0.15) is 12.4 Å². The highest BCUT2D eigenvalue weighted by atomic mass is 16.4. The maximum atomic E-state index is 12.8. The highest BCUT2D eigenvalue weighted by Gasteiger charge is 2.37. The second kappa shape index (κ2) is 7.02. The Morgan fingerprint density at radius 2 is 1.92 bits per heavy atom. The lowest BCUT2D eigenvalue weighted by atomic mass is 9.94. The molecular formula is C20H24N2O3. The van der Waals surface area contributed by atoms with E-state index in [1.54, 1.807) is 12.1 Å². The lowest BCUT2D eigenvalue weighted by Crippen LogP contribution is -2.43.